The Kier molecular flexibility index (Phi) is 14.0. The third-order valence-corrected chi connectivity index (χ3v) is 4.72. The van der Waals surface area contributed by atoms with Gasteiger partial charge in [-0.05, 0) is 58.5 Å². The maximum absolute atomic E-state index is 11.4. The van der Waals surface area contributed by atoms with Crippen molar-refractivity contribution in [3.63, 3.8) is 0 Å². The third-order valence-electron chi connectivity index (χ3n) is 3.64. The van der Waals surface area contributed by atoms with Crippen molar-refractivity contribution in [1.29, 1.82) is 0 Å². The Balaban J connectivity index is 3.15. The highest BCUT2D eigenvalue weighted by atomic mass is 32.2. The number of hydrogen-bond donors (Lipinski definition) is 1. The summed E-state index contributed by atoms with van der Waals surface area (Å²) >= 11 is 1.96. The van der Waals surface area contributed by atoms with Crippen LogP contribution in [0.15, 0.2) is 0 Å². The molecule has 0 aromatic heterocycles. The van der Waals surface area contributed by atoms with Crippen molar-refractivity contribution in [2.75, 3.05) is 11.5 Å². The molecule has 0 rings (SSSR count). The third kappa shape index (κ3) is 19.7. The second kappa shape index (κ2) is 14.2. The van der Waals surface area contributed by atoms with E-state index in [0.29, 0.717) is 6.42 Å². The number of thioether (sulfide) groups is 1. The highest BCUT2D eigenvalue weighted by molar-refractivity contribution is 7.99. The highest BCUT2D eigenvalue weighted by Crippen LogP contribution is 2.15. The summed E-state index contributed by atoms with van der Waals surface area (Å²) in [6, 6.07) is 0. The van der Waals surface area contributed by atoms with Crippen molar-refractivity contribution in [3.8, 4) is 0 Å². The fourth-order valence-corrected chi connectivity index (χ4v) is 3.54. The van der Waals surface area contributed by atoms with E-state index in [0.717, 1.165) is 25.0 Å². The van der Waals surface area contributed by atoms with Crippen LogP contribution in [0, 0.1) is 0 Å². The molecule has 0 unspecified atom stereocenters. The molecule has 0 aromatic carbocycles. The Morgan fingerprint density at radius 3 is 2.00 bits per heavy atom. The number of carbonyl (C=O) groups is 1. The van der Waals surface area contributed by atoms with Crippen LogP contribution in [-0.2, 0) is 9.53 Å². The number of rotatable bonds is 15. The van der Waals surface area contributed by atoms with Crippen LogP contribution in [0.1, 0.15) is 91.9 Å². The van der Waals surface area contributed by atoms with Gasteiger partial charge in [0.15, 0.2) is 0 Å². The first-order valence-corrected chi connectivity index (χ1v) is 10.5. The first-order valence-electron chi connectivity index (χ1n) is 9.31. The number of esters is 1. The summed E-state index contributed by atoms with van der Waals surface area (Å²) < 4.78 is 5.11. The minimum atomic E-state index is -0.515. The SMILES string of the molecule is CC(C)OC(=O)CCCCCCCCCCSCCC(C)(C)O. The molecule has 0 bridgehead atoms. The van der Waals surface area contributed by atoms with Crippen LogP contribution in [0.2, 0.25) is 0 Å². The van der Waals surface area contributed by atoms with Crippen LogP contribution < -0.4 is 0 Å². The Morgan fingerprint density at radius 1 is 0.957 bits per heavy atom. The van der Waals surface area contributed by atoms with Crippen molar-refractivity contribution in [2.24, 2.45) is 0 Å². The predicted octanol–water partition coefficient (Wildman–Crippen LogP) is 5.34. The molecule has 0 radical (unpaired) electrons. The molecule has 0 fully saturated rings. The lowest BCUT2D eigenvalue weighted by Crippen LogP contribution is -2.19. The molecule has 0 spiro atoms. The zero-order chi connectivity index (χ0) is 17.6. The van der Waals surface area contributed by atoms with E-state index in [-0.39, 0.29) is 12.1 Å². The summed E-state index contributed by atoms with van der Waals surface area (Å²) in [5, 5.41) is 9.61. The van der Waals surface area contributed by atoms with E-state index < -0.39 is 5.60 Å². The van der Waals surface area contributed by atoms with Crippen LogP contribution in [-0.4, -0.2) is 34.3 Å². The van der Waals surface area contributed by atoms with Crippen LogP contribution in [0.5, 0.6) is 0 Å². The molecule has 0 saturated heterocycles. The largest absolute Gasteiger partial charge is 0.463 e. The van der Waals surface area contributed by atoms with Gasteiger partial charge in [0, 0.05) is 6.42 Å². The molecule has 0 aliphatic carbocycles. The maximum Gasteiger partial charge on any atom is 0.306 e. The molecule has 0 aromatic rings. The van der Waals surface area contributed by atoms with Gasteiger partial charge in [-0.2, -0.15) is 11.8 Å². The van der Waals surface area contributed by atoms with E-state index >= 15 is 0 Å². The van der Waals surface area contributed by atoms with Crippen molar-refractivity contribution in [2.45, 2.75) is 104 Å². The Bertz CT molecular complexity index is 285. The van der Waals surface area contributed by atoms with E-state index in [2.05, 4.69) is 0 Å². The first-order chi connectivity index (χ1) is 10.8. The molecular weight excluding hydrogens is 308 g/mol. The van der Waals surface area contributed by atoms with Crippen LogP contribution in [0.25, 0.3) is 0 Å². The van der Waals surface area contributed by atoms with Gasteiger partial charge in [0.05, 0.1) is 11.7 Å². The van der Waals surface area contributed by atoms with E-state index in [1.807, 2.05) is 39.5 Å². The second-order valence-corrected chi connectivity index (χ2v) is 8.52. The topological polar surface area (TPSA) is 46.5 Å². The Labute approximate surface area is 148 Å². The molecule has 0 atom stereocenters. The van der Waals surface area contributed by atoms with Gasteiger partial charge in [-0.3, -0.25) is 4.79 Å². The Morgan fingerprint density at radius 2 is 1.48 bits per heavy atom. The summed E-state index contributed by atoms with van der Waals surface area (Å²) in [6.07, 6.45) is 11.3. The van der Waals surface area contributed by atoms with Gasteiger partial charge in [0.2, 0.25) is 0 Å². The van der Waals surface area contributed by atoms with Crippen molar-refractivity contribution in [3.05, 3.63) is 0 Å². The smallest absolute Gasteiger partial charge is 0.306 e. The van der Waals surface area contributed by atoms with Gasteiger partial charge in [-0.15, -0.1) is 0 Å². The second-order valence-electron chi connectivity index (χ2n) is 7.29. The molecule has 0 amide bonds. The summed E-state index contributed by atoms with van der Waals surface area (Å²) in [5.41, 5.74) is -0.515. The van der Waals surface area contributed by atoms with E-state index in [9.17, 15) is 9.90 Å². The van der Waals surface area contributed by atoms with E-state index in [1.165, 1.54) is 44.3 Å². The minimum Gasteiger partial charge on any atom is -0.463 e. The van der Waals surface area contributed by atoms with Gasteiger partial charge in [0.25, 0.3) is 0 Å². The molecule has 138 valence electrons. The summed E-state index contributed by atoms with van der Waals surface area (Å²) in [5.74, 6) is 2.22. The van der Waals surface area contributed by atoms with Gasteiger partial charge in [-0.25, -0.2) is 0 Å². The molecule has 1 N–H and O–H groups in total. The van der Waals surface area contributed by atoms with Crippen molar-refractivity contribution < 1.29 is 14.6 Å². The molecule has 0 aliphatic rings. The summed E-state index contributed by atoms with van der Waals surface area (Å²) in [6.45, 7) is 7.54. The maximum atomic E-state index is 11.4. The van der Waals surface area contributed by atoms with Gasteiger partial charge in [-0.1, -0.05) is 38.5 Å². The lowest BCUT2D eigenvalue weighted by atomic mass is 10.1. The van der Waals surface area contributed by atoms with E-state index in [1.54, 1.807) is 0 Å². The average molecular weight is 347 g/mol. The fraction of sp³-hybridized carbons (Fsp3) is 0.947. The molecule has 0 heterocycles. The van der Waals surface area contributed by atoms with Crippen LogP contribution in [0.3, 0.4) is 0 Å². The average Bonchev–Trinajstić information content (AvgIpc) is 2.42. The Hall–Kier alpha value is -0.220. The number of unbranched alkanes of at least 4 members (excludes halogenated alkanes) is 7. The normalized spacial score (nSPS) is 11.9. The number of carbonyl (C=O) groups excluding carboxylic acids is 1. The van der Waals surface area contributed by atoms with Gasteiger partial charge < -0.3 is 9.84 Å². The fourth-order valence-electron chi connectivity index (χ4n) is 2.28. The number of hydrogen-bond acceptors (Lipinski definition) is 4. The monoisotopic (exact) mass is 346 g/mol. The number of ether oxygens (including phenoxy) is 1. The molecule has 0 saturated carbocycles. The first kappa shape index (κ1) is 22.8. The molecule has 3 nitrogen and oxygen atoms in total. The summed E-state index contributed by atoms with van der Waals surface area (Å²) in [7, 11) is 0. The standard InChI is InChI=1S/C19H38O3S/c1-17(2)22-18(20)13-11-9-7-5-6-8-10-12-15-23-16-14-19(3,4)21/h17,21H,5-16H2,1-4H3. The minimum absolute atomic E-state index is 0.00999. The predicted molar refractivity (Wildman–Crippen MR) is 101 cm³/mol. The van der Waals surface area contributed by atoms with Crippen molar-refractivity contribution in [1.82, 2.24) is 0 Å². The molecule has 4 heteroatoms. The van der Waals surface area contributed by atoms with Crippen LogP contribution in [0.4, 0.5) is 0 Å². The van der Waals surface area contributed by atoms with Gasteiger partial charge >= 0.3 is 5.97 Å². The lowest BCUT2D eigenvalue weighted by Gasteiger charge is -2.15. The van der Waals surface area contributed by atoms with Gasteiger partial charge in [0.1, 0.15) is 0 Å². The zero-order valence-electron chi connectivity index (χ0n) is 15.7. The quantitative estimate of drug-likeness (QED) is 0.321. The molecule has 0 aliphatic heterocycles. The molecular formula is C19H38O3S. The van der Waals surface area contributed by atoms with Crippen molar-refractivity contribution >= 4 is 17.7 Å². The summed E-state index contributed by atoms with van der Waals surface area (Å²) in [4.78, 5) is 11.4. The highest BCUT2D eigenvalue weighted by Gasteiger charge is 2.10. The number of aliphatic hydroxyl groups is 1. The van der Waals surface area contributed by atoms with Crippen LogP contribution >= 0.6 is 11.8 Å². The van der Waals surface area contributed by atoms with E-state index in [4.69, 9.17) is 4.74 Å². The molecule has 23 heavy (non-hydrogen) atoms. The zero-order valence-corrected chi connectivity index (χ0v) is 16.6. The lowest BCUT2D eigenvalue weighted by molar-refractivity contribution is -0.147.